The van der Waals surface area contributed by atoms with Crippen molar-refractivity contribution in [3.8, 4) is 0 Å². The Morgan fingerprint density at radius 1 is 1.53 bits per heavy atom. The molecule has 1 aliphatic carbocycles. The molecule has 0 atom stereocenters. The molecule has 4 nitrogen and oxygen atoms in total. The fourth-order valence-electron chi connectivity index (χ4n) is 2.21. The molecule has 2 N–H and O–H groups in total. The van der Waals surface area contributed by atoms with Crippen molar-refractivity contribution in [2.24, 2.45) is 0 Å². The number of carboxylic acids is 1. The Hall–Kier alpha value is -0.840. The maximum Gasteiger partial charge on any atom is 0.309 e. The lowest BCUT2D eigenvalue weighted by molar-refractivity contribution is -0.136. The fraction of sp³-hybridized carbons (Fsp3) is 0.600. The van der Waals surface area contributed by atoms with Crippen LogP contribution in [-0.4, -0.2) is 21.0 Å². The van der Waals surface area contributed by atoms with Crippen LogP contribution in [-0.2, 0) is 11.2 Å². The van der Waals surface area contributed by atoms with Crippen molar-refractivity contribution >= 4 is 21.9 Å². The average Bonchev–Trinajstić information content (AvgIpc) is 2.72. The molecule has 5 heteroatoms. The first-order valence-electron chi connectivity index (χ1n) is 5.13. The molecule has 0 unspecified atom stereocenters. The molecular formula is C10H13BrN2O2. The zero-order valence-corrected chi connectivity index (χ0v) is 9.88. The Morgan fingerprint density at radius 2 is 2.20 bits per heavy atom. The lowest BCUT2D eigenvalue weighted by Gasteiger charge is -2.06. The van der Waals surface area contributed by atoms with Crippen LogP contribution in [0.4, 0.5) is 0 Å². The number of nitrogens with zero attached hydrogens (tertiary/aromatic N) is 1. The van der Waals surface area contributed by atoms with Crippen molar-refractivity contribution in [3.63, 3.8) is 0 Å². The van der Waals surface area contributed by atoms with Gasteiger partial charge in [0.25, 0.3) is 0 Å². The van der Waals surface area contributed by atoms with Crippen LogP contribution in [0.25, 0.3) is 0 Å². The Balaban J connectivity index is 2.24. The van der Waals surface area contributed by atoms with Gasteiger partial charge < -0.3 is 10.1 Å². The van der Waals surface area contributed by atoms with E-state index in [4.69, 9.17) is 5.11 Å². The smallest absolute Gasteiger partial charge is 0.309 e. The van der Waals surface area contributed by atoms with E-state index in [1.165, 1.54) is 12.8 Å². The van der Waals surface area contributed by atoms with Crippen molar-refractivity contribution in [1.29, 1.82) is 0 Å². The predicted molar refractivity (Wildman–Crippen MR) is 58.8 cm³/mol. The van der Waals surface area contributed by atoms with Crippen molar-refractivity contribution in [2.45, 2.75) is 38.0 Å². The molecule has 0 bridgehead atoms. The van der Waals surface area contributed by atoms with Crippen molar-refractivity contribution < 1.29 is 9.90 Å². The Labute approximate surface area is 96.2 Å². The second kappa shape index (κ2) is 4.35. The number of halogens is 1. The van der Waals surface area contributed by atoms with Gasteiger partial charge in [0.2, 0.25) is 0 Å². The summed E-state index contributed by atoms with van der Waals surface area (Å²) in [5.74, 6) is -0.368. The van der Waals surface area contributed by atoms with E-state index >= 15 is 0 Å². The third kappa shape index (κ3) is 2.40. The molecule has 15 heavy (non-hydrogen) atoms. The van der Waals surface area contributed by atoms with Gasteiger partial charge in [0.1, 0.15) is 0 Å². The van der Waals surface area contributed by atoms with E-state index in [-0.39, 0.29) is 6.42 Å². The van der Waals surface area contributed by atoms with Crippen LogP contribution in [0.15, 0.2) is 4.73 Å². The summed E-state index contributed by atoms with van der Waals surface area (Å²) in [5, 5.41) is 8.78. The second-order valence-corrected chi connectivity index (χ2v) is 4.69. The number of imidazole rings is 1. The lowest BCUT2D eigenvalue weighted by atomic mass is 10.0. The van der Waals surface area contributed by atoms with Crippen LogP contribution in [0.3, 0.4) is 0 Å². The highest BCUT2D eigenvalue weighted by Gasteiger charge is 2.24. The zero-order valence-electron chi connectivity index (χ0n) is 8.29. The van der Waals surface area contributed by atoms with E-state index in [0.29, 0.717) is 10.7 Å². The molecule has 0 aromatic carbocycles. The molecule has 0 radical (unpaired) electrons. The minimum Gasteiger partial charge on any atom is -0.481 e. The summed E-state index contributed by atoms with van der Waals surface area (Å²) in [5.41, 5.74) is 1.70. The fourth-order valence-corrected chi connectivity index (χ4v) is 2.64. The molecule has 0 amide bonds. The molecule has 2 rings (SSSR count). The number of rotatable bonds is 3. The SMILES string of the molecule is O=C(O)Cc1[nH]c(Br)nc1C1CCCC1. The molecule has 0 spiro atoms. The van der Waals surface area contributed by atoms with Crippen LogP contribution >= 0.6 is 15.9 Å². The van der Waals surface area contributed by atoms with Gasteiger partial charge in [-0.1, -0.05) is 12.8 Å². The Bertz CT molecular complexity index is 369. The number of aliphatic carboxylic acids is 1. The van der Waals surface area contributed by atoms with Crippen LogP contribution in [0.2, 0.25) is 0 Å². The van der Waals surface area contributed by atoms with Crippen molar-refractivity contribution in [2.75, 3.05) is 0 Å². The first-order chi connectivity index (χ1) is 7.16. The highest BCUT2D eigenvalue weighted by Crippen LogP contribution is 2.35. The summed E-state index contributed by atoms with van der Waals surface area (Å²) in [6.45, 7) is 0. The molecular weight excluding hydrogens is 260 g/mol. The van der Waals surface area contributed by atoms with E-state index < -0.39 is 5.97 Å². The van der Waals surface area contributed by atoms with Gasteiger partial charge in [-0.2, -0.15) is 0 Å². The quantitative estimate of drug-likeness (QED) is 0.889. The number of aromatic nitrogens is 2. The third-order valence-corrected chi connectivity index (χ3v) is 3.23. The topological polar surface area (TPSA) is 66.0 Å². The summed E-state index contributed by atoms with van der Waals surface area (Å²) < 4.78 is 0.639. The molecule has 82 valence electrons. The van der Waals surface area contributed by atoms with Gasteiger partial charge in [0.15, 0.2) is 4.73 Å². The van der Waals surface area contributed by atoms with E-state index in [2.05, 4.69) is 25.9 Å². The first kappa shape index (κ1) is 10.7. The molecule has 1 aliphatic rings. The highest BCUT2D eigenvalue weighted by atomic mass is 79.9. The minimum absolute atomic E-state index is 0.0322. The monoisotopic (exact) mass is 272 g/mol. The summed E-state index contributed by atoms with van der Waals surface area (Å²) >= 11 is 3.26. The lowest BCUT2D eigenvalue weighted by Crippen LogP contribution is -2.05. The first-order valence-corrected chi connectivity index (χ1v) is 5.92. The van der Waals surface area contributed by atoms with Crippen molar-refractivity contribution in [1.82, 2.24) is 9.97 Å². The number of nitrogens with one attached hydrogen (secondary N) is 1. The molecule has 1 aromatic rings. The normalized spacial score (nSPS) is 17.1. The maximum atomic E-state index is 10.7. The number of carboxylic acid groups (broad SMARTS) is 1. The summed E-state index contributed by atoms with van der Waals surface area (Å²) in [7, 11) is 0. The standard InChI is InChI=1S/C10H13BrN2O2/c11-10-12-7(5-8(14)15)9(13-10)6-3-1-2-4-6/h6H,1-5H2,(H,12,13)(H,14,15). The molecule has 1 saturated carbocycles. The Morgan fingerprint density at radius 3 is 2.80 bits per heavy atom. The largest absolute Gasteiger partial charge is 0.481 e. The number of H-pyrrole nitrogens is 1. The maximum absolute atomic E-state index is 10.7. The van der Waals surface area contributed by atoms with Gasteiger partial charge in [-0.3, -0.25) is 4.79 Å². The van der Waals surface area contributed by atoms with E-state index in [0.717, 1.165) is 24.2 Å². The highest BCUT2D eigenvalue weighted by molar-refractivity contribution is 9.10. The van der Waals surface area contributed by atoms with Crippen LogP contribution in [0.5, 0.6) is 0 Å². The predicted octanol–water partition coefficient (Wildman–Crippen LogP) is 2.46. The molecule has 0 aliphatic heterocycles. The van der Waals surface area contributed by atoms with Gasteiger partial charge in [-0.05, 0) is 28.8 Å². The minimum atomic E-state index is -0.814. The van der Waals surface area contributed by atoms with Crippen molar-refractivity contribution in [3.05, 3.63) is 16.1 Å². The van der Waals surface area contributed by atoms with Crippen LogP contribution in [0, 0.1) is 0 Å². The molecule has 1 aromatic heterocycles. The molecule has 0 saturated heterocycles. The van der Waals surface area contributed by atoms with Gasteiger partial charge >= 0.3 is 5.97 Å². The number of hydrogen-bond donors (Lipinski definition) is 2. The zero-order chi connectivity index (χ0) is 10.8. The van der Waals surface area contributed by atoms with Gasteiger partial charge in [-0.15, -0.1) is 0 Å². The van der Waals surface area contributed by atoms with Gasteiger partial charge in [0.05, 0.1) is 17.8 Å². The van der Waals surface area contributed by atoms with Crippen LogP contribution in [0.1, 0.15) is 43.0 Å². The summed E-state index contributed by atoms with van der Waals surface area (Å²) in [4.78, 5) is 18.0. The third-order valence-electron chi connectivity index (χ3n) is 2.85. The summed E-state index contributed by atoms with van der Waals surface area (Å²) in [6.07, 6.45) is 4.74. The number of hydrogen-bond acceptors (Lipinski definition) is 2. The van der Waals surface area contributed by atoms with Gasteiger partial charge in [0, 0.05) is 5.92 Å². The second-order valence-electron chi connectivity index (χ2n) is 3.94. The van der Waals surface area contributed by atoms with E-state index in [1.54, 1.807) is 0 Å². The number of carbonyl (C=O) groups is 1. The number of aromatic amines is 1. The van der Waals surface area contributed by atoms with Crippen LogP contribution < -0.4 is 0 Å². The molecule has 1 fully saturated rings. The van der Waals surface area contributed by atoms with Gasteiger partial charge in [-0.25, -0.2) is 4.98 Å². The molecule has 1 heterocycles. The summed E-state index contributed by atoms with van der Waals surface area (Å²) in [6, 6.07) is 0. The average molecular weight is 273 g/mol. The van der Waals surface area contributed by atoms with E-state index in [9.17, 15) is 4.79 Å². The van der Waals surface area contributed by atoms with E-state index in [1.807, 2.05) is 0 Å². The Kier molecular flexibility index (Phi) is 3.09.